The first-order chi connectivity index (χ1) is 7.33. The summed E-state index contributed by atoms with van der Waals surface area (Å²) < 4.78 is 5.09. The van der Waals surface area contributed by atoms with Gasteiger partial charge in [-0.05, 0) is 18.4 Å². The van der Waals surface area contributed by atoms with E-state index in [1.807, 2.05) is 30.3 Å². The molecule has 0 unspecified atom stereocenters. The molecule has 0 saturated heterocycles. The minimum Gasteiger partial charge on any atom is -0.465 e. The van der Waals surface area contributed by atoms with Crippen LogP contribution in [-0.4, -0.2) is 17.9 Å². The van der Waals surface area contributed by atoms with Gasteiger partial charge in [-0.1, -0.05) is 46.3 Å². The molecular formula is C12H15BrO2. The Morgan fingerprint density at radius 3 is 2.60 bits per heavy atom. The Hall–Kier alpha value is -0.830. The molecule has 0 aliphatic carbocycles. The predicted octanol–water partition coefficient (Wildman–Crippen LogP) is 2.95. The predicted molar refractivity (Wildman–Crippen MR) is 64.1 cm³/mol. The average Bonchev–Trinajstić information content (AvgIpc) is 2.26. The second kappa shape index (κ2) is 7.46. The van der Waals surface area contributed by atoms with E-state index >= 15 is 0 Å². The quantitative estimate of drug-likeness (QED) is 0.451. The highest BCUT2D eigenvalue weighted by Gasteiger charge is 2.03. The van der Waals surface area contributed by atoms with Crippen molar-refractivity contribution in [1.82, 2.24) is 0 Å². The number of esters is 1. The monoisotopic (exact) mass is 270 g/mol. The summed E-state index contributed by atoms with van der Waals surface area (Å²) in [7, 11) is 0. The molecular weight excluding hydrogens is 256 g/mol. The van der Waals surface area contributed by atoms with Crippen molar-refractivity contribution in [3.05, 3.63) is 35.9 Å². The van der Waals surface area contributed by atoms with Crippen molar-refractivity contribution in [2.45, 2.75) is 19.3 Å². The standard InChI is InChI=1S/C12H15BrO2/c13-8-4-5-9-15-12(14)10-11-6-2-1-3-7-11/h1-3,6-7H,4-5,8-10H2. The van der Waals surface area contributed by atoms with Gasteiger partial charge in [0.25, 0.3) is 0 Å². The summed E-state index contributed by atoms with van der Waals surface area (Å²) in [6.07, 6.45) is 2.33. The topological polar surface area (TPSA) is 26.3 Å². The molecule has 0 saturated carbocycles. The van der Waals surface area contributed by atoms with Crippen LogP contribution in [0.25, 0.3) is 0 Å². The summed E-state index contributed by atoms with van der Waals surface area (Å²) in [6, 6.07) is 9.64. The van der Waals surface area contributed by atoms with E-state index in [1.54, 1.807) is 0 Å². The van der Waals surface area contributed by atoms with Crippen LogP contribution in [0.5, 0.6) is 0 Å². The number of benzene rings is 1. The molecule has 0 aliphatic rings. The first-order valence-corrected chi connectivity index (χ1v) is 6.20. The summed E-state index contributed by atoms with van der Waals surface area (Å²) >= 11 is 3.33. The van der Waals surface area contributed by atoms with Crippen molar-refractivity contribution in [3.63, 3.8) is 0 Å². The van der Waals surface area contributed by atoms with Gasteiger partial charge in [-0.3, -0.25) is 4.79 Å². The van der Waals surface area contributed by atoms with Gasteiger partial charge in [0.05, 0.1) is 13.0 Å². The Morgan fingerprint density at radius 1 is 1.20 bits per heavy atom. The van der Waals surface area contributed by atoms with E-state index in [1.165, 1.54) is 0 Å². The van der Waals surface area contributed by atoms with Crippen LogP contribution in [0.3, 0.4) is 0 Å². The fourth-order valence-electron chi connectivity index (χ4n) is 1.20. The first-order valence-electron chi connectivity index (χ1n) is 5.08. The van der Waals surface area contributed by atoms with E-state index in [2.05, 4.69) is 15.9 Å². The Bertz CT molecular complexity index is 285. The Balaban J connectivity index is 2.19. The molecule has 3 heteroatoms. The SMILES string of the molecule is O=C(Cc1ccccc1)OCCCCBr. The third kappa shape index (κ3) is 5.57. The number of alkyl halides is 1. The van der Waals surface area contributed by atoms with Gasteiger partial charge in [-0.2, -0.15) is 0 Å². The van der Waals surface area contributed by atoms with Crippen molar-refractivity contribution in [3.8, 4) is 0 Å². The van der Waals surface area contributed by atoms with Crippen LogP contribution >= 0.6 is 15.9 Å². The van der Waals surface area contributed by atoms with Crippen molar-refractivity contribution in [2.75, 3.05) is 11.9 Å². The third-order valence-corrected chi connectivity index (χ3v) is 2.54. The maximum atomic E-state index is 11.3. The lowest BCUT2D eigenvalue weighted by Gasteiger charge is -2.03. The van der Waals surface area contributed by atoms with E-state index in [0.717, 1.165) is 23.7 Å². The normalized spacial score (nSPS) is 9.93. The largest absolute Gasteiger partial charge is 0.465 e. The van der Waals surface area contributed by atoms with Gasteiger partial charge in [-0.15, -0.1) is 0 Å². The van der Waals surface area contributed by atoms with Crippen molar-refractivity contribution < 1.29 is 9.53 Å². The van der Waals surface area contributed by atoms with E-state index in [-0.39, 0.29) is 5.97 Å². The van der Waals surface area contributed by atoms with E-state index in [0.29, 0.717) is 13.0 Å². The second-order valence-corrected chi connectivity index (χ2v) is 4.07. The molecule has 0 heterocycles. The zero-order chi connectivity index (χ0) is 10.9. The lowest BCUT2D eigenvalue weighted by molar-refractivity contribution is -0.142. The van der Waals surface area contributed by atoms with Gasteiger partial charge >= 0.3 is 5.97 Å². The summed E-state index contributed by atoms with van der Waals surface area (Å²) in [5.41, 5.74) is 1.00. The number of carbonyl (C=O) groups is 1. The molecule has 0 N–H and O–H groups in total. The zero-order valence-corrected chi connectivity index (χ0v) is 10.2. The summed E-state index contributed by atoms with van der Waals surface area (Å²) in [4.78, 5) is 11.3. The van der Waals surface area contributed by atoms with Crippen LogP contribution in [0.4, 0.5) is 0 Å². The highest BCUT2D eigenvalue weighted by atomic mass is 79.9. The van der Waals surface area contributed by atoms with Gasteiger partial charge in [0, 0.05) is 5.33 Å². The first kappa shape index (κ1) is 12.2. The van der Waals surface area contributed by atoms with Crippen LogP contribution in [0.2, 0.25) is 0 Å². The fourth-order valence-corrected chi connectivity index (χ4v) is 1.59. The molecule has 1 aromatic rings. The molecule has 0 aromatic heterocycles. The lowest BCUT2D eigenvalue weighted by Crippen LogP contribution is -2.09. The molecule has 15 heavy (non-hydrogen) atoms. The Morgan fingerprint density at radius 2 is 1.93 bits per heavy atom. The minimum atomic E-state index is -0.143. The van der Waals surface area contributed by atoms with Crippen molar-refractivity contribution >= 4 is 21.9 Å². The molecule has 0 bridgehead atoms. The van der Waals surface area contributed by atoms with Gasteiger partial charge in [0.2, 0.25) is 0 Å². The molecule has 0 atom stereocenters. The highest BCUT2D eigenvalue weighted by Crippen LogP contribution is 2.01. The molecule has 1 rings (SSSR count). The van der Waals surface area contributed by atoms with Gasteiger partial charge in [0.1, 0.15) is 0 Å². The fraction of sp³-hybridized carbons (Fsp3) is 0.417. The van der Waals surface area contributed by atoms with Gasteiger partial charge < -0.3 is 4.74 Å². The average molecular weight is 271 g/mol. The molecule has 0 aliphatic heterocycles. The number of ether oxygens (including phenoxy) is 1. The van der Waals surface area contributed by atoms with Crippen LogP contribution in [0.15, 0.2) is 30.3 Å². The lowest BCUT2D eigenvalue weighted by atomic mass is 10.2. The number of hydrogen-bond acceptors (Lipinski definition) is 2. The molecule has 0 spiro atoms. The smallest absolute Gasteiger partial charge is 0.310 e. The van der Waals surface area contributed by atoms with Crippen LogP contribution in [0, 0.1) is 0 Å². The van der Waals surface area contributed by atoms with Crippen molar-refractivity contribution in [1.29, 1.82) is 0 Å². The van der Waals surface area contributed by atoms with E-state index in [9.17, 15) is 4.79 Å². The maximum absolute atomic E-state index is 11.3. The zero-order valence-electron chi connectivity index (χ0n) is 8.62. The molecule has 0 fully saturated rings. The molecule has 82 valence electrons. The number of hydrogen-bond donors (Lipinski definition) is 0. The highest BCUT2D eigenvalue weighted by molar-refractivity contribution is 9.09. The van der Waals surface area contributed by atoms with Gasteiger partial charge in [0.15, 0.2) is 0 Å². The minimum absolute atomic E-state index is 0.143. The summed E-state index contributed by atoms with van der Waals surface area (Å²) in [6.45, 7) is 0.525. The molecule has 0 radical (unpaired) electrons. The van der Waals surface area contributed by atoms with Crippen molar-refractivity contribution in [2.24, 2.45) is 0 Å². The van der Waals surface area contributed by atoms with Crippen LogP contribution in [-0.2, 0) is 16.0 Å². The molecule has 0 amide bonds. The molecule has 1 aromatic carbocycles. The van der Waals surface area contributed by atoms with E-state index < -0.39 is 0 Å². The second-order valence-electron chi connectivity index (χ2n) is 3.28. The number of rotatable bonds is 6. The Kier molecular flexibility index (Phi) is 6.09. The number of carbonyl (C=O) groups excluding carboxylic acids is 1. The number of unbranched alkanes of at least 4 members (excludes halogenated alkanes) is 1. The van der Waals surface area contributed by atoms with Crippen LogP contribution < -0.4 is 0 Å². The van der Waals surface area contributed by atoms with Crippen LogP contribution in [0.1, 0.15) is 18.4 Å². The number of halogens is 1. The summed E-state index contributed by atoms with van der Waals surface area (Å²) in [5.74, 6) is -0.143. The Labute approximate surface area is 98.8 Å². The van der Waals surface area contributed by atoms with Gasteiger partial charge in [-0.25, -0.2) is 0 Å². The maximum Gasteiger partial charge on any atom is 0.310 e. The molecule has 2 nitrogen and oxygen atoms in total. The summed E-state index contributed by atoms with van der Waals surface area (Å²) in [5, 5.41) is 0.962. The van der Waals surface area contributed by atoms with E-state index in [4.69, 9.17) is 4.74 Å². The third-order valence-electron chi connectivity index (χ3n) is 1.98.